The molecule has 2 aromatic rings. The lowest BCUT2D eigenvalue weighted by molar-refractivity contribution is 0.102. The number of rotatable bonds is 3. The summed E-state index contributed by atoms with van der Waals surface area (Å²) < 4.78 is 2.36. The summed E-state index contributed by atoms with van der Waals surface area (Å²) in [6, 6.07) is 6.38. The number of carbonyl (C=O) groups excluding carboxylic acids is 1. The molecule has 0 aromatic carbocycles. The molecule has 2 heterocycles. The van der Waals surface area contributed by atoms with Crippen molar-refractivity contribution in [2.45, 2.75) is 58.9 Å². The molecule has 1 amide bonds. The fraction of sp³-hybridized carbons (Fsp3) is 0.474. The Kier molecular flexibility index (Phi) is 4.51. The van der Waals surface area contributed by atoms with E-state index in [1.807, 2.05) is 25.1 Å². The van der Waals surface area contributed by atoms with E-state index in [0.717, 1.165) is 16.8 Å². The van der Waals surface area contributed by atoms with Crippen LogP contribution in [0.5, 0.6) is 0 Å². The predicted octanol–water partition coefficient (Wildman–Crippen LogP) is 4.57. The third-order valence-electron chi connectivity index (χ3n) is 4.91. The largest absolute Gasteiger partial charge is 0.345 e. The van der Waals surface area contributed by atoms with Gasteiger partial charge in [-0.25, -0.2) is 4.98 Å². The molecule has 0 atom stereocenters. The van der Waals surface area contributed by atoms with Crippen molar-refractivity contribution in [1.82, 2.24) is 9.55 Å². The summed E-state index contributed by atoms with van der Waals surface area (Å²) in [6.45, 7) is 6.11. The van der Waals surface area contributed by atoms with Crippen molar-refractivity contribution in [3.8, 4) is 0 Å². The minimum Gasteiger partial charge on any atom is -0.345 e. The minimum atomic E-state index is -0.0676. The first kappa shape index (κ1) is 15.8. The standard InChI is InChI=1S/C19H25N3O/c1-13-8-7-11-20-18(13)21-19(23)17-12-14(2)22(15(17)3)16-9-5-4-6-10-16/h7-8,11-12,16H,4-6,9-10H2,1-3H3,(H,20,21,23). The first-order valence-electron chi connectivity index (χ1n) is 8.49. The molecule has 1 aliphatic carbocycles. The molecule has 0 bridgehead atoms. The summed E-state index contributed by atoms with van der Waals surface area (Å²) in [5.41, 5.74) is 3.98. The highest BCUT2D eigenvalue weighted by Crippen LogP contribution is 2.32. The van der Waals surface area contributed by atoms with Crippen LogP contribution in [0.2, 0.25) is 0 Å². The Morgan fingerprint density at radius 2 is 1.96 bits per heavy atom. The zero-order valence-electron chi connectivity index (χ0n) is 14.2. The smallest absolute Gasteiger partial charge is 0.258 e. The highest BCUT2D eigenvalue weighted by atomic mass is 16.1. The average molecular weight is 311 g/mol. The van der Waals surface area contributed by atoms with Crippen LogP contribution in [-0.4, -0.2) is 15.5 Å². The molecule has 3 rings (SSSR count). The summed E-state index contributed by atoms with van der Waals surface area (Å²) in [5.74, 6) is 0.571. The van der Waals surface area contributed by atoms with Gasteiger partial charge in [0.1, 0.15) is 5.82 Å². The van der Waals surface area contributed by atoms with E-state index in [-0.39, 0.29) is 5.91 Å². The maximum absolute atomic E-state index is 12.7. The van der Waals surface area contributed by atoms with Crippen LogP contribution < -0.4 is 5.32 Å². The predicted molar refractivity (Wildman–Crippen MR) is 93.0 cm³/mol. The molecule has 0 saturated heterocycles. The van der Waals surface area contributed by atoms with Crippen LogP contribution >= 0.6 is 0 Å². The molecule has 1 N–H and O–H groups in total. The lowest BCUT2D eigenvalue weighted by atomic mass is 9.95. The molecular formula is C19H25N3O. The van der Waals surface area contributed by atoms with Crippen LogP contribution in [0.4, 0.5) is 5.82 Å². The van der Waals surface area contributed by atoms with Crippen molar-refractivity contribution in [2.24, 2.45) is 0 Å². The third-order valence-corrected chi connectivity index (χ3v) is 4.91. The van der Waals surface area contributed by atoms with Crippen molar-refractivity contribution in [2.75, 3.05) is 5.32 Å². The number of nitrogens with one attached hydrogen (secondary N) is 1. The van der Waals surface area contributed by atoms with E-state index < -0.39 is 0 Å². The molecule has 0 unspecified atom stereocenters. The summed E-state index contributed by atoms with van der Waals surface area (Å²) in [6.07, 6.45) is 8.05. The number of hydrogen-bond acceptors (Lipinski definition) is 2. The molecular weight excluding hydrogens is 286 g/mol. The van der Waals surface area contributed by atoms with Gasteiger partial charge in [-0.3, -0.25) is 4.79 Å². The summed E-state index contributed by atoms with van der Waals surface area (Å²) in [7, 11) is 0. The van der Waals surface area contributed by atoms with Gasteiger partial charge in [0.05, 0.1) is 5.56 Å². The fourth-order valence-electron chi connectivity index (χ4n) is 3.70. The number of amides is 1. The SMILES string of the molecule is Cc1cccnc1NC(=O)c1cc(C)n(C2CCCCC2)c1C. The Morgan fingerprint density at radius 1 is 1.22 bits per heavy atom. The molecule has 2 aromatic heterocycles. The van der Waals surface area contributed by atoms with Crippen LogP contribution in [0.15, 0.2) is 24.4 Å². The van der Waals surface area contributed by atoms with Crippen LogP contribution in [-0.2, 0) is 0 Å². The molecule has 23 heavy (non-hydrogen) atoms. The van der Waals surface area contributed by atoms with E-state index in [0.29, 0.717) is 11.9 Å². The molecule has 0 radical (unpaired) electrons. The highest BCUT2D eigenvalue weighted by Gasteiger charge is 2.22. The number of carbonyl (C=O) groups is 1. The Bertz CT molecular complexity index is 711. The van der Waals surface area contributed by atoms with Crippen molar-refractivity contribution >= 4 is 11.7 Å². The molecule has 122 valence electrons. The minimum absolute atomic E-state index is 0.0676. The van der Waals surface area contributed by atoms with Gasteiger partial charge in [-0.1, -0.05) is 25.3 Å². The average Bonchev–Trinajstić information content (AvgIpc) is 2.85. The van der Waals surface area contributed by atoms with Crippen molar-refractivity contribution in [3.63, 3.8) is 0 Å². The summed E-state index contributed by atoms with van der Waals surface area (Å²) >= 11 is 0. The van der Waals surface area contributed by atoms with E-state index in [2.05, 4.69) is 28.7 Å². The van der Waals surface area contributed by atoms with Gasteiger partial charge in [0.2, 0.25) is 0 Å². The topological polar surface area (TPSA) is 46.9 Å². The van der Waals surface area contributed by atoms with Crippen molar-refractivity contribution < 1.29 is 4.79 Å². The summed E-state index contributed by atoms with van der Waals surface area (Å²) in [4.78, 5) is 16.9. The van der Waals surface area contributed by atoms with Gasteiger partial charge in [-0.05, 0) is 51.3 Å². The van der Waals surface area contributed by atoms with E-state index >= 15 is 0 Å². The van der Waals surface area contributed by atoms with Gasteiger partial charge in [0.25, 0.3) is 5.91 Å². The Hall–Kier alpha value is -2.10. The molecule has 0 spiro atoms. The van der Waals surface area contributed by atoms with Gasteiger partial charge >= 0.3 is 0 Å². The van der Waals surface area contributed by atoms with Gasteiger partial charge in [-0.15, -0.1) is 0 Å². The second-order valence-corrected chi connectivity index (χ2v) is 6.57. The number of aryl methyl sites for hydroxylation is 2. The Labute approximate surface area is 137 Å². The Morgan fingerprint density at radius 3 is 2.65 bits per heavy atom. The van der Waals surface area contributed by atoms with Crippen LogP contribution in [0.1, 0.15) is 65.5 Å². The lowest BCUT2D eigenvalue weighted by Crippen LogP contribution is -2.18. The fourth-order valence-corrected chi connectivity index (χ4v) is 3.70. The lowest BCUT2D eigenvalue weighted by Gasteiger charge is -2.26. The third kappa shape index (κ3) is 3.16. The number of pyridine rings is 1. The van der Waals surface area contributed by atoms with Gasteiger partial charge in [-0.2, -0.15) is 0 Å². The second kappa shape index (κ2) is 6.57. The van der Waals surface area contributed by atoms with Crippen molar-refractivity contribution in [1.29, 1.82) is 0 Å². The molecule has 0 aliphatic heterocycles. The quantitative estimate of drug-likeness (QED) is 0.903. The Balaban J connectivity index is 1.85. The number of anilines is 1. The van der Waals surface area contributed by atoms with Crippen molar-refractivity contribution in [3.05, 3.63) is 46.9 Å². The highest BCUT2D eigenvalue weighted by molar-refractivity contribution is 6.05. The van der Waals surface area contributed by atoms with Gasteiger partial charge in [0, 0.05) is 23.6 Å². The molecule has 4 heteroatoms. The summed E-state index contributed by atoms with van der Waals surface area (Å²) in [5, 5.41) is 2.95. The van der Waals surface area contributed by atoms with E-state index in [1.165, 1.54) is 37.8 Å². The van der Waals surface area contributed by atoms with Gasteiger partial charge in [0.15, 0.2) is 0 Å². The van der Waals surface area contributed by atoms with Crippen LogP contribution in [0.25, 0.3) is 0 Å². The normalized spacial score (nSPS) is 15.6. The maximum atomic E-state index is 12.7. The number of hydrogen-bond donors (Lipinski definition) is 1. The number of nitrogens with zero attached hydrogens (tertiary/aromatic N) is 2. The molecule has 1 saturated carbocycles. The first-order valence-corrected chi connectivity index (χ1v) is 8.49. The molecule has 1 fully saturated rings. The van der Waals surface area contributed by atoms with Crippen LogP contribution in [0, 0.1) is 20.8 Å². The van der Waals surface area contributed by atoms with Crippen LogP contribution in [0.3, 0.4) is 0 Å². The maximum Gasteiger partial charge on any atom is 0.258 e. The molecule has 1 aliphatic rings. The number of aromatic nitrogens is 2. The van der Waals surface area contributed by atoms with Gasteiger partial charge < -0.3 is 9.88 Å². The van der Waals surface area contributed by atoms with E-state index in [1.54, 1.807) is 6.20 Å². The van der Waals surface area contributed by atoms with E-state index in [4.69, 9.17) is 0 Å². The first-order chi connectivity index (χ1) is 11.1. The zero-order valence-corrected chi connectivity index (χ0v) is 14.2. The second-order valence-electron chi connectivity index (χ2n) is 6.57. The molecule has 4 nitrogen and oxygen atoms in total. The van der Waals surface area contributed by atoms with E-state index in [9.17, 15) is 4.79 Å². The monoisotopic (exact) mass is 311 g/mol. The zero-order chi connectivity index (χ0) is 16.4.